The second-order valence-electron chi connectivity index (χ2n) is 10.2. The molecule has 0 spiro atoms. The van der Waals surface area contributed by atoms with E-state index in [0.717, 1.165) is 12.1 Å². The number of ether oxygens (including phenoxy) is 1. The van der Waals surface area contributed by atoms with Gasteiger partial charge in [0.1, 0.15) is 23.6 Å². The van der Waals surface area contributed by atoms with Gasteiger partial charge >= 0.3 is 14.0 Å². The van der Waals surface area contributed by atoms with Gasteiger partial charge in [0.2, 0.25) is 17.7 Å². The fourth-order valence-electron chi connectivity index (χ4n) is 4.33. The Kier molecular flexibility index (Phi) is 10.8. The van der Waals surface area contributed by atoms with Gasteiger partial charge in [-0.1, -0.05) is 41.6 Å². The maximum absolute atomic E-state index is 13.4. The number of aromatic nitrogens is 2. The molecule has 1 aromatic heterocycles. The standard InChI is InChI=1S/C30H30F3N4O8P/c1-18(29-36-26(37-44-29)16-20-3-9-22(10-4-20)30(31,32)33)34-28(39)25(15-19-7-13-24(14-8-19)45-46(40,41)42)35-27(38)17-21-5-11-23(43-2)12-6-21/h3-14,18,25H,15-17H2,1-2H3,(H,34,39)(H,35,38)(H2,40,41,42)/t18-,25-/m0/s1. The van der Waals surface area contributed by atoms with Crippen LogP contribution in [0.15, 0.2) is 77.3 Å². The predicted molar refractivity (Wildman–Crippen MR) is 157 cm³/mol. The summed E-state index contributed by atoms with van der Waals surface area (Å²) in [5.74, 6) is -0.274. The molecule has 0 radical (unpaired) electrons. The minimum Gasteiger partial charge on any atom is -0.497 e. The highest BCUT2D eigenvalue weighted by Gasteiger charge is 2.30. The third kappa shape index (κ3) is 10.2. The van der Waals surface area contributed by atoms with E-state index in [1.165, 1.54) is 43.5 Å². The Hall–Kier alpha value is -4.72. The summed E-state index contributed by atoms with van der Waals surface area (Å²) in [5.41, 5.74) is 0.967. The fourth-order valence-corrected chi connectivity index (χ4v) is 4.72. The lowest BCUT2D eigenvalue weighted by molar-refractivity contribution is -0.137. The quantitative estimate of drug-likeness (QED) is 0.151. The van der Waals surface area contributed by atoms with Gasteiger partial charge in [0.05, 0.1) is 19.1 Å². The van der Waals surface area contributed by atoms with Crippen LogP contribution in [0.3, 0.4) is 0 Å². The molecule has 4 aromatic rings. The van der Waals surface area contributed by atoms with Crippen LogP contribution in [0.4, 0.5) is 13.2 Å². The summed E-state index contributed by atoms with van der Waals surface area (Å²) in [6, 6.07) is 15.1. The van der Waals surface area contributed by atoms with E-state index in [-0.39, 0.29) is 36.7 Å². The van der Waals surface area contributed by atoms with Gasteiger partial charge in [-0.2, -0.15) is 18.2 Å². The minimum absolute atomic E-state index is 0.00605. The minimum atomic E-state index is -4.77. The number of carbonyl (C=O) groups is 2. The van der Waals surface area contributed by atoms with Crippen LogP contribution < -0.4 is 19.9 Å². The molecule has 0 aliphatic heterocycles. The highest BCUT2D eigenvalue weighted by Crippen LogP contribution is 2.37. The molecule has 0 aliphatic carbocycles. The lowest BCUT2D eigenvalue weighted by atomic mass is 10.0. The molecule has 1 heterocycles. The predicted octanol–water partition coefficient (Wildman–Crippen LogP) is 4.31. The number of methoxy groups -OCH3 is 1. The Labute approximate surface area is 261 Å². The van der Waals surface area contributed by atoms with Crippen LogP contribution in [0.5, 0.6) is 11.5 Å². The molecule has 4 rings (SSSR count). The Morgan fingerprint density at radius 3 is 2.09 bits per heavy atom. The average Bonchev–Trinajstić information content (AvgIpc) is 3.46. The lowest BCUT2D eigenvalue weighted by Crippen LogP contribution is -2.49. The van der Waals surface area contributed by atoms with E-state index in [9.17, 15) is 27.3 Å². The highest BCUT2D eigenvalue weighted by molar-refractivity contribution is 7.46. The maximum Gasteiger partial charge on any atom is 0.524 e. The van der Waals surface area contributed by atoms with Crippen molar-refractivity contribution in [2.45, 2.75) is 44.4 Å². The summed E-state index contributed by atoms with van der Waals surface area (Å²) >= 11 is 0. The van der Waals surface area contributed by atoms with Crippen molar-refractivity contribution in [1.29, 1.82) is 0 Å². The number of amides is 2. The Morgan fingerprint density at radius 1 is 0.913 bits per heavy atom. The zero-order valence-electron chi connectivity index (χ0n) is 24.5. The first-order chi connectivity index (χ1) is 21.7. The van der Waals surface area contributed by atoms with E-state index >= 15 is 0 Å². The Morgan fingerprint density at radius 2 is 1.50 bits per heavy atom. The molecule has 46 heavy (non-hydrogen) atoms. The molecule has 0 fully saturated rings. The van der Waals surface area contributed by atoms with E-state index in [4.69, 9.17) is 19.0 Å². The molecular weight excluding hydrogens is 632 g/mol. The molecule has 16 heteroatoms. The van der Waals surface area contributed by atoms with E-state index in [1.54, 1.807) is 31.2 Å². The van der Waals surface area contributed by atoms with Crippen LogP contribution in [0.25, 0.3) is 0 Å². The van der Waals surface area contributed by atoms with Crippen molar-refractivity contribution < 1.29 is 50.9 Å². The number of halogens is 3. The number of hydrogen-bond donors (Lipinski definition) is 4. The lowest BCUT2D eigenvalue weighted by Gasteiger charge is -2.20. The van der Waals surface area contributed by atoms with Gasteiger partial charge in [-0.05, 0) is 60.0 Å². The fraction of sp³-hybridized carbons (Fsp3) is 0.267. The Bertz CT molecular complexity index is 1670. The van der Waals surface area contributed by atoms with Gasteiger partial charge in [0.25, 0.3) is 0 Å². The summed E-state index contributed by atoms with van der Waals surface area (Å²) < 4.78 is 64.6. The van der Waals surface area contributed by atoms with Gasteiger partial charge in [-0.3, -0.25) is 19.4 Å². The number of phosphoric ester groups is 1. The second kappa shape index (κ2) is 14.6. The zero-order valence-corrected chi connectivity index (χ0v) is 25.4. The molecule has 12 nitrogen and oxygen atoms in total. The summed E-state index contributed by atoms with van der Waals surface area (Å²) in [5, 5.41) is 9.30. The van der Waals surface area contributed by atoms with Crippen LogP contribution in [-0.4, -0.2) is 44.9 Å². The maximum atomic E-state index is 13.4. The van der Waals surface area contributed by atoms with E-state index in [0.29, 0.717) is 22.4 Å². The molecule has 3 aromatic carbocycles. The van der Waals surface area contributed by atoms with Crippen LogP contribution in [0.2, 0.25) is 0 Å². The number of carbonyl (C=O) groups excluding carboxylic acids is 2. The zero-order chi connectivity index (χ0) is 33.5. The Balaban J connectivity index is 1.44. The smallest absolute Gasteiger partial charge is 0.497 e. The molecular formula is C30H30F3N4O8P. The SMILES string of the molecule is COc1ccc(CC(=O)N[C@@H](Cc2ccc(OP(=O)(O)O)cc2)C(=O)N[C@@H](C)c2nc(Cc3ccc(C(F)(F)F)cc3)no2)cc1. The van der Waals surface area contributed by atoms with Crippen molar-refractivity contribution in [2.24, 2.45) is 0 Å². The molecule has 4 N–H and O–H groups in total. The number of nitrogens with one attached hydrogen (secondary N) is 2. The molecule has 0 unspecified atom stereocenters. The van der Waals surface area contributed by atoms with E-state index < -0.39 is 43.5 Å². The first kappa shape index (κ1) is 34.2. The summed E-state index contributed by atoms with van der Waals surface area (Å²) in [6.45, 7) is 1.58. The molecule has 2 atom stereocenters. The molecule has 0 aliphatic rings. The number of benzene rings is 3. The second-order valence-corrected chi connectivity index (χ2v) is 11.4. The van der Waals surface area contributed by atoms with E-state index in [1.807, 2.05) is 0 Å². The number of rotatable bonds is 13. The van der Waals surface area contributed by atoms with Crippen molar-refractivity contribution in [2.75, 3.05) is 7.11 Å². The molecule has 244 valence electrons. The van der Waals surface area contributed by atoms with Gasteiger partial charge in [-0.15, -0.1) is 0 Å². The van der Waals surface area contributed by atoms with Crippen LogP contribution in [-0.2, 0) is 39.6 Å². The van der Waals surface area contributed by atoms with Gasteiger partial charge in [0, 0.05) is 12.8 Å². The third-order valence-electron chi connectivity index (χ3n) is 6.62. The summed E-state index contributed by atoms with van der Waals surface area (Å²) in [6.07, 6.45) is -4.39. The highest BCUT2D eigenvalue weighted by atomic mass is 31.2. The number of hydrogen-bond acceptors (Lipinski definition) is 8. The normalized spacial score (nSPS) is 13.0. The van der Waals surface area contributed by atoms with Crippen LogP contribution >= 0.6 is 7.82 Å². The van der Waals surface area contributed by atoms with Crippen molar-refractivity contribution >= 4 is 19.6 Å². The number of nitrogens with zero attached hydrogens (tertiary/aromatic N) is 2. The van der Waals surface area contributed by atoms with Crippen LogP contribution in [0, 0.1) is 0 Å². The molecule has 2 amide bonds. The molecule has 0 saturated heterocycles. The average molecular weight is 663 g/mol. The summed E-state index contributed by atoms with van der Waals surface area (Å²) in [4.78, 5) is 48.7. The summed E-state index contributed by atoms with van der Waals surface area (Å²) in [7, 11) is -3.25. The third-order valence-corrected chi connectivity index (χ3v) is 7.07. The molecule has 0 bridgehead atoms. The topological polar surface area (TPSA) is 173 Å². The van der Waals surface area contributed by atoms with Crippen molar-refractivity contribution in [3.05, 3.63) is 107 Å². The van der Waals surface area contributed by atoms with Crippen LogP contribution in [0.1, 0.15) is 46.9 Å². The molecule has 0 saturated carbocycles. The van der Waals surface area contributed by atoms with Crippen molar-refractivity contribution in [3.8, 4) is 11.5 Å². The van der Waals surface area contributed by atoms with E-state index in [2.05, 4.69) is 25.3 Å². The number of alkyl halides is 3. The van der Waals surface area contributed by atoms with Crippen molar-refractivity contribution in [1.82, 2.24) is 20.8 Å². The monoisotopic (exact) mass is 662 g/mol. The number of phosphoric acid groups is 1. The first-order valence-electron chi connectivity index (χ1n) is 13.7. The van der Waals surface area contributed by atoms with Gasteiger partial charge in [0.15, 0.2) is 5.82 Å². The largest absolute Gasteiger partial charge is 0.524 e. The van der Waals surface area contributed by atoms with Gasteiger partial charge < -0.3 is 24.4 Å². The van der Waals surface area contributed by atoms with Gasteiger partial charge in [-0.25, -0.2) is 4.57 Å². The first-order valence-corrected chi connectivity index (χ1v) is 15.3. The van der Waals surface area contributed by atoms with Crippen molar-refractivity contribution in [3.63, 3.8) is 0 Å².